The van der Waals surface area contributed by atoms with Crippen LogP contribution in [0.2, 0.25) is 0 Å². The van der Waals surface area contributed by atoms with Gasteiger partial charge in [-0.05, 0) is 24.3 Å². The van der Waals surface area contributed by atoms with E-state index in [1.807, 2.05) is 0 Å². The van der Waals surface area contributed by atoms with Crippen LogP contribution in [0.5, 0.6) is 0 Å². The Hall–Kier alpha value is -3.29. The van der Waals surface area contributed by atoms with Gasteiger partial charge < -0.3 is 5.73 Å². The molecule has 0 aliphatic carbocycles. The molecule has 0 amide bonds. The highest BCUT2D eigenvalue weighted by molar-refractivity contribution is 5.93. The molecule has 0 saturated carbocycles. The standard InChI is InChI=1S/C16H11F2N5O/c17-9-5-8(6-10(18)7-9)13-20-15(19)22-16-21-14(24)11-3-1-2-4-12(11)23(13)16/h1-7,13H,(H3,19,20,21,22,24). The maximum Gasteiger partial charge on any atom is 0.282 e. The minimum Gasteiger partial charge on any atom is -0.370 e. The first-order valence-corrected chi connectivity index (χ1v) is 7.10. The smallest absolute Gasteiger partial charge is 0.282 e. The van der Waals surface area contributed by atoms with Gasteiger partial charge in [0.15, 0.2) is 12.1 Å². The van der Waals surface area contributed by atoms with Crippen molar-refractivity contribution in [1.82, 2.24) is 9.55 Å². The summed E-state index contributed by atoms with van der Waals surface area (Å²) < 4.78 is 28.8. The van der Waals surface area contributed by atoms with E-state index in [0.29, 0.717) is 10.9 Å². The Balaban J connectivity index is 2.05. The van der Waals surface area contributed by atoms with E-state index in [-0.39, 0.29) is 17.5 Å². The SMILES string of the molecule is NC1=NC(c2cc(F)cc(F)c2)n2c(nc(=O)c3ccccc32)N1. The van der Waals surface area contributed by atoms with Gasteiger partial charge in [0.25, 0.3) is 5.56 Å². The number of nitrogens with one attached hydrogen (secondary N) is 1. The first-order chi connectivity index (χ1) is 11.5. The Morgan fingerprint density at radius 1 is 1.12 bits per heavy atom. The van der Waals surface area contributed by atoms with Crippen molar-refractivity contribution in [3.05, 3.63) is 70.0 Å². The summed E-state index contributed by atoms with van der Waals surface area (Å²) in [4.78, 5) is 20.3. The number of hydrogen-bond donors (Lipinski definition) is 2. The van der Waals surface area contributed by atoms with Crippen LogP contribution in [0, 0.1) is 11.6 Å². The molecule has 0 radical (unpaired) electrons. The molecule has 1 aliphatic heterocycles. The van der Waals surface area contributed by atoms with Crippen molar-refractivity contribution in [2.45, 2.75) is 6.17 Å². The van der Waals surface area contributed by atoms with E-state index < -0.39 is 23.4 Å². The Kier molecular flexibility index (Phi) is 3.05. The number of aromatic nitrogens is 2. The molecule has 8 heteroatoms. The number of benzene rings is 2. The summed E-state index contributed by atoms with van der Waals surface area (Å²) in [6.07, 6.45) is -0.843. The molecule has 2 heterocycles. The van der Waals surface area contributed by atoms with E-state index in [4.69, 9.17) is 5.73 Å². The largest absolute Gasteiger partial charge is 0.370 e. The summed E-state index contributed by atoms with van der Waals surface area (Å²) in [5.41, 5.74) is 6.11. The number of hydrogen-bond acceptors (Lipinski definition) is 5. The van der Waals surface area contributed by atoms with Gasteiger partial charge in [-0.3, -0.25) is 14.7 Å². The third kappa shape index (κ3) is 2.19. The topological polar surface area (TPSA) is 85.3 Å². The maximum atomic E-state index is 13.6. The molecule has 0 spiro atoms. The zero-order valence-corrected chi connectivity index (χ0v) is 12.2. The van der Waals surface area contributed by atoms with Gasteiger partial charge in [-0.1, -0.05) is 12.1 Å². The van der Waals surface area contributed by atoms with Crippen molar-refractivity contribution in [3.63, 3.8) is 0 Å². The second kappa shape index (κ2) is 5.12. The molecule has 1 aliphatic rings. The van der Waals surface area contributed by atoms with Gasteiger partial charge in [-0.2, -0.15) is 4.98 Å². The Morgan fingerprint density at radius 3 is 2.58 bits per heavy atom. The number of rotatable bonds is 1. The minimum absolute atomic E-state index is 0.00634. The van der Waals surface area contributed by atoms with Crippen LogP contribution in [0.1, 0.15) is 11.7 Å². The molecule has 6 nitrogen and oxygen atoms in total. The predicted octanol–water partition coefficient (Wildman–Crippen LogP) is 1.96. The number of nitrogens with two attached hydrogens (primary N) is 1. The molecule has 120 valence electrons. The fourth-order valence-electron chi connectivity index (χ4n) is 2.81. The lowest BCUT2D eigenvalue weighted by Gasteiger charge is -2.27. The molecule has 24 heavy (non-hydrogen) atoms. The molecular formula is C16H11F2N5O. The highest BCUT2D eigenvalue weighted by atomic mass is 19.1. The minimum atomic E-state index is -0.843. The van der Waals surface area contributed by atoms with Crippen LogP contribution in [-0.4, -0.2) is 15.5 Å². The van der Waals surface area contributed by atoms with Crippen molar-refractivity contribution in [2.24, 2.45) is 10.7 Å². The summed E-state index contributed by atoms with van der Waals surface area (Å²) >= 11 is 0. The molecule has 0 fully saturated rings. The van der Waals surface area contributed by atoms with Crippen LogP contribution in [0.3, 0.4) is 0 Å². The molecule has 1 aromatic heterocycles. The van der Waals surface area contributed by atoms with Crippen molar-refractivity contribution in [1.29, 1.82) is 0 Å². The fourth-order valence-corrected chi connectivity index (χ4v) is 2.81. The van der Waals surface area contributed by atoms with Crippen LogP contribution in [0.4, 0.5) is 14.7 Å². The van der Waals surface area contributed by atoms with E-state index in [1.165, 1.54) is 12.1 Å². The molecule has 0 bridgehead atoms. The quantitative estimate of drug-likeness (QED) is 0.715. The number of nitrogens with zero attached hydrogens (tertiary/aromatic N) is 3. The highest BCUT2D eigenvalue weighted by Crippen LogP contribution is 2.30. The fraction of sp³-hybridized carbons (Fsp3) is 0.0625. The van der Waals surface area contributed by atoms with E-state index >= 15 is 0 Å². The average Bonchev–Trinajstić information content (AvgIpc) is 2.53. The number of guanidine groups is 1. The summed E-state index contributed by atoms with van der Waals surface area (Å²) in [5.74, 6) is -1.28. The molecule has 3 aromatic rings. The summed E-state index contributed by atoms with van der Waals surface area (Å²) in [5, 5.41) is 3.09. The monoisotopic (exact) mass is 327 g/mol. The third-order valence-electron chi connectivity index (χ3n) is 3.76. The van der Waals surface area contributed by atoms with Crippen LogP contribution >= 0.6 is 0 Å². The lowest BCUT2D eigenvalue weighted by molar-refractivity contribution is 0.559. The van der Waals surface area contributed by atoms with Crippen molar-refractivity contribution >= 4 is 22.8 Å². The predicted molar refractivity (Wildman–Crippen MR) is 85.7 cm³/mol. The molecule has 2 aromatic carbocycles. The van der Waals surface area contributed by atoms with Gasteiger partial charge in [0.05, 0.1) is 10.9 Å². The Bertz CT molecular complexity index is 1040. The number of aliphatic imine (C=N–C) groups is 1. The van der Waals surface area contributed by atoms with Gasteiger partial charge >= 0.3 is 0 Å². The second-order valence-corrected chi connectivity index (χ2v) is 5.34. The van der Waals surface area contributed by atoms with Gasteiger partial charge in [-0.25, -0.2) is 13.8 Å². The Morgan fingerprint density at radius 2 is 1.83 bits per heavy atom. The van der Waals surface area contributed by atoms with Crippen LogP contribution in [0.15, 0.2) is 52.3 Å². The van der Waals surface area contributed by atoms with Crippen LogP contribution < -0.4 is 16.6 Å². The first-order valence-electron chi connectivity index (χ1n) is 7.10. The normalized spacial score (nSPS) is 16.4. The van der Waals surface area contributed by atoms with Gasteiger partial charge in [0.1, 0.15) is 11.6 Å². The summed E-state index contributed by atoms with van der Waals surface area (Å²) in [7, 11) is 0. The molecule has 4 rings (SSSR count). The second-order valence-electron chi connectivity index (χ2n) is 5.34. The lowest BCUT2D eigenvalue weighted by atomic mass is 10.1. The number of halogens is 2. The highest BCUT2D eigenvalue weighted by Gasteiger charge is 2.25. The van der Waals surface area contributed by atoms with Crippen LogP contribution in [0.25, 0.3) is 10.9 Å². The third-order valence-corrected chi connectivity index (χ3v) is 3.76. The van der Waals surface area contributed by atoms with Crippen LogP contribution in [-0.2, 0) is 0 Å². The Labute approximate surface area is 134 Å². The molecular weight excluding hydrogens is 316 g/mol. The zero-order chi connectivity index (χ0) is 16.8. The molecule has 0 saturated heterocycles. The molecule has 1 atom stereocenters. The van der Waals surface area contributed by atoms with E-state index in [9.17, 15) is 13.6 Å². The number of fused-ring (bicyclic) bond motifs is 3. The van der Waals surface area contributed by atoms with Gasteiger partial charge in [0.2, 0.25) is 5.95 Å². The lowest BCUT2D eigenvalue weighted by Crippen LogP contribution is -2.34. The van der Waals surface area contributed by atoms with Gasteiger partial charge in [-0.15, -0.1) is 0 Å². The average molecular weight is 327 g/mol. The summed E-state index contributed by atoms with van der Waals surface area (Å²) in [6.45, 7) is 0. The first kappa shape index (κ1) is 14.3. The van der Waals surface area contributed by atoms with E-state index in [1.54, 1.807) is 28.8 Å². The zero-order valence-electron chi connectivity index (χ0n) is 12.2. The number of para-hydroxylation sites is 1. The van der Waals surface area contributed by atoms with Crippen molar-refractivity contribution in [3.8, 4) is 0 Å². The maximum absolute atomic E-state index is 13.6. The van der Waals surface area contributed by atoms with Crippen molar-refractivity contribution in [2.75, 3.05) is 5.32 Å². The van der Waals surface area contributed by atoms with Crippen molar-refractivity contribution < 1.29 is 8.78 Å². The van der Waals surface area contributed by atoms with E-state index in [2.05, 4.69) is 15.3 Å². The molecule has 1 unspecified atom stereocenters. The summed E-state index contributed by atoms with van der Waals surface area (Å²) in [6, 6.07) is 9.93. The van der Waals surface area contributed by atoms with E-state index in [0.717, 1.165) is 6.07 Å². The molecule has 3 N–H and O–H groups in total. The number of anilines is 1. The van der Waals surface area contributed by atoms with Gasteiger partial charge in [0, 0.05) is 11.6 Å².